The monoisotopic (exact) mass is 304 g/mol. The second kappa shape index (κ2) is 5.44. The zero-order chi connectivity index (χ0) is 14.8. The minimum Gasteiger partial charge on any atom is -0.461 e. The minimum atomic E-state index is -0.493. The molecule has 0 fully saturated rings. The summed E-state index contributed by atoms with van der Waals surface area (Å²) in [6, 6.07) is 3.16. The summed E-state index contributed by atoms with van der Waals surface area (Å²) in [4.78, 5) is 16.6. The average molecular weight is 304 g/mol. The molecule has 21 heavy (non-hydrogen) atoms. The number of nitrogens with zero attached hydrogens (tertiary/aromatic N) is 5. The Balaban J connectivity index is 1.76. The topological polar surface area (TPSA) is 94.3 Å². The van der Waals surface area contributed by atoms with Crippen LogP contribution in [0.2, 0.25) is 0 Å². The standard InChI is InChI=1S/C12H12N6O2S/c1-3-20-10(19)8-4-5-9(16-15-8)13-11-14-12-18(17-11)7(2)6-21-12/h4-6H,3H2,1-2H3,(H,13,16,17). The van der Waals surface area contributed by atoms with E-state index >= 15 is 0 Å². The Morgan fingerprint density at radius 2 is 2.29 bits per heavy atom. The quantitative estimate of drug-likeness (QED) is 0.734. The Labute approximate surface area is 123 Å². The van der Waals surface area contributed by atoms with Crippen LogP contribution < -0.4 is 5.32 Å². The molecule has 3 aromatic heterocycles. The SMILES string of the molecule is CCOC(=O)c1ccc(Nc2nc3scc(C)n3n2)nn1. The van der Waals surface area contributed by atoms with Gasteiger partial charge in [0.2, 0.25) is 10.9 Å². The van der Waals surface area contributed by atoms with Crippen molar-refractivity contribution in [3.05, 3.63) is 28.9 Å². The number of thiazole rings is 1. The van der Waals surface area contributed by atoms with Gasteiger partial charge in [0.25, 0.3) is 0 Å². The maximum atomic E-state index is 11.5. The molecular weight excluding hydrogens is 292 g/mol. The zero-order valence-electron chi connectivity index (χ0n) is 11.4. The molecule has 3 aromatic rings. The molecule has 0 aliphatic carbocycles. The molecule has 0 saturated heterocycles. The first-order chi connectivity index (χ1) is 10.2. The summed E-state index contributed by atoms with van der Waals surface area (Å²) in [6.45, 7) is 3.99. The fraction of sp³-hybridized carbons (Fsp3) is 0.250. The van der Waals surface area contributed by atoms with Gasteiger partial charge in [-0.1, -0.05) is 0 Å². The third-order valence-corrected chi connectivity index (χ3v) is 3.57. The van der Waals surface area contributed by atoms with Gasteiger partial charge in [0.05, 0.1) is 12.3 Å². The van der Waals surface area contributed by atoms with E-state index < -0.39 is 5.97 Å². The second-order valence-electron chi connectivity index (χ2n) is 4.16. The van der Waals surface area contributed by atoms with Crippen LogP contribution >= 0.6 is 11.3 Å². The lowest BCUT2D eigenvalue weighted by Gasteiger charge is -2.02. The molecule has 1 N–H and O–H groups in total. The highest BCUT2D eigenvalue weighted by Crippen LogP contribution is 2.17. The van der Waals surface area contributed by atoms with Gasteiger partial charge in [-0.15, -0.1) is 26.6 Å². The fourth-order valence-corrected chi connectivity index (χ4v) is 2.47. The molecule has 108 valence electrons. The van der Waals surface area contributed by atoms with Crippen LogP contribution in [0.15, 0.2) is 17.5 Å². The number of hydrogen-bond acceptors (Lipinski definition) is 8. The molecule has 0 saturated carbocycles. The third kappa shape index (κ3) is 2.68. The maximum absolute atomic E-state index is 11.5. The van der Waals surface area contributed by atoms with Gasteiger partial charge in [-0.05, 0) is 26.0 Å². The van der Waals surface area contributed by atoms with Crippen LogP contribution in [0.25, 0.3) is 4.96 Å². The van der Waals surface area contributed by atoms with Crippen molar-refractivity contribution in [1.29, 1.82) is 0 Å². The Hall–Kier alpha value is -2.55. The van der Waals surface area contributed by atoms with Gasteiger partial charge in [0.15, 0.2) is 11.5 Å². The number of rotatable bonds is 4. The predicted octanol–water partition coefficient (Wildman–Crippen LogP) is 1.81. The highest BCUT2D eigenvalue weighted by molar-refractivity contribution is 7.15. The van der Waals surface area contributed by atoms with Gasteiger partial charge < -0.3 is 10.1 Å². The number of nitrogens with one attached hydrogen (secondary N) is 1. The van der Waals surface area contributed by atoms with Gasteiger partial charge in [0, 0.05) is 5.38 Å². The molecule has 0 aliphatic rings. The van der Waals surface area contributed by atoms with Crippen molar-refractivity contribution < 1.29 is 9.53 Å². The lowest BCUT2D eigenvalue weighted by Crippen LogP contribution is -2.08. The molecule has 9 heteroatoms. The number of carbonyl (C=O) groups excluding carboxylic acids is 1. The first-order valence-electron chi connectivity index (χ1n) is 6.26. The van der Waals surface area contributed by atoms with Crippen molar-refractivity contribution in [1.82, 2.24) is 24.8 Å². The van der Waals surface area contributed by atoms with Gasteiger partial charge >= 0.3 is 5.97 Å². The summed E-state index contributed by atoms with van der Waals surface area (Å²) in [6.07, 6.45) is 0. The average Bonchev–Trinajstić information content (AvgIpc) is 3.02. The van der Waals surface area contributed by atoms with Crippen molar-refractivity contribution in [2.24, 2.45) is 0 Å². The van der Waals surface area contributed by atoms with Crippen LogP contribution in [0.5, 0.6) is 0 Å². The molecule has 0 unspecified atom stereocenters. The van der Waals surface area contributed by atoms with Crippen LogP contribution in [0.4, 0.5) is 11.8 Å². The summed E-state index contributed by atoms with van der Waals surface area (Å²) in [5, 5.41) is 16.9. The number of esters is 1. The van der Waals surface area contributed by atoms with E-state index in [1.807, 2.05) is 12.3 Å². The Bertz CT molecular complexity index is 779. The predicted molar refractivity (Wildman–Crippen MR) is 76.9 cm³/mol. The van der Waals surface area contributed by atoms with Gasteiger partial charge in [0.1, 0.15) is 0 Å². The summed E-state index contributed by atoms with van der Waals surface area (Å²) in [5.41, 5.74) is 1.18. The lowest BCUT2D eigenvalue weighted by molar-refractivity contribution is 0.0518. The van der Waals surface area contributed by atoms with E-state index in [1.54, 1.807) is 17.5 Å². The minimum absolute atomic E-state index is 0.164. The highest BCUT2D eigenvalue weighted by Gasteiger charge is 2.11. The Kier molecular flexibility index (Phi) is 3.48. The maximum Gasteiger partial charge on any atom is 0.358 e. The van der Waals surface area contributed by atoms with Gasteiger partial charge in [-0.3, -0.25) is 0 Å². The Morgan fingerprint density at radius 3 is 2.95 bits per heavy atom. The van der Waals surface area contributed by atoms with Crippen molar-refractivity contribution in [3.63, 3.8) is 0 Å². The number of ether oxygens (including phenoxy) is 1. The van der Waals surface area contributed by atoms with E-state index in [0.29, 0.717) is 18.4 Å². The summed E-state index contributed by atoms with van der Waals surface area (Å²) >= 11 is 1.51. The molecular formula is C12H12N6O2S. The number of anilines is 2. The second-order valence-corrected chi connectivity index (χ2v) is 4.99. The molecule has 0 bridgehead atoms. The number of fused-ring (bicyclic) bond motifs is 1. The number of hydrogen-bond donors (Lipinski definition) is 1. The van der Waals surface area contributed by atoms with E-state index in [0.717, 1.165) is 10.7 Å². The summed E-state index contributed by atoms with van der Waals surface area (Å²) in [5.74, 6) is 0.398. The third-order valence-electron chi connectivity index (χ3n) is 2.64. The van der Waals surface area contributed by atoms with E-state index in [4.69, 9.17) is 4.74 Å². The molecule has 0 atom stereocenters. The van der Waals surface area contributed by atoms with Crippen LogP contribution in [0.1, 0.15) is 23.1 Å². The van der Waals surface area contributed by atoms with Crippen molar-refractivity contribution in [2.75, 3.05) is 11.9 Å². The van der Waals surface area contributed by atoms with Crippen molar-refractivity contribution in [3.8, 4) is 0 Å². The largest absolute Gasteiger partial charge is 0.461 e. The van der Waals surface area contributed by atoms with Crippen molar-refractivity contribution in [2.45, 2.75) is 13.8 Å². The number of aromatic nitrogens is 5. The van der Waals surface area contributed by atoms with E-state index in [2.05, 4.69) is 25.6 Å². The molecule has 8 nitrogen and oxygen atoms in total. The van der Waals surface area contributed by atoms with Gasteiger partial charge in [-0.2, -0.15) is 4.98 Å². The number of aryl methyl sites for hydroxylation is 1. The number of carbonyl (C=O) groups is 1. The van der Waals surface area contributed by atoms with Crippen LogP contribution in [0, 0.1) is 6.92 Å². The lowest BCUT2D eigenvalue weighted by atomic mass is 10.4. The molecule has 3 heterocycles. The fourth-order valence-electron chi connectivity index (χ4n) is 1.67. The van der Waals surface area contributed by atoms with Crippen LogP contribution in [-0.4, -0.2) is 37.4 Å². The van der Waals surface area contributed by atoms with E-state index in [1.165, 1.54) is 17.4 Å². The Morgan fingerprint density at radius 1 is 1.43 bits per heavy atom. The molecule has 3 rings (SSSR count). The first kappa shape index (κ1) is 13.4. The van der Waals surface area contributed by atoms with E-state index in [-0.39, 0.29) is 5.69 Å². The smallest absolute Gasteiger partial charge is 0.358 e. The molecule has 0 aromatic carbocycles. The van der Waals surface area contributed by atoms with Crippen LogP contribution in [-0.2, 0) is 4.74 Å². The molecule has 0 aliphatic heterocycles. The summed E-state index contributed by atoms with van der Waals surface area (Å²) in [7, 11) is 0. The zero-order valence-corrected chi connectivity index (χ0v) is 12.2. The van der Waals surface area contributed by atoms with Crippen LogP contribution in [0.3, 0.4) is 0 Å². The highest BCUT2D eigenvalue weighted by atomic mass is 32.1. The molecule has 0 amide bonds. The molecule has 0 spiro atoms. The van der Waals surface area contributed by atoms with Crippen molar-refractivity contribution >= 4 is 34.0 Å². The van der Waals surface area contributed by atoms with E-state index in [9.17, 15) is 4.79 Å². The van der Waals surface area contributed by atoms with Gasteiger partial charge in [-0.25, -0.2) is 9.31 Å². The molecule has 0 radical (unpaired) electrons. The first-order valence-corrected chi connectivity index (χ1v) is 7.14. The summed E-state index contributed by atoms with van der Waals surface area (Å²) < 4.78 is 6.58. The normalized spacial score (nSPS) is 10.8.